The summed E-state index contributed by atoms with van der Waals surface area (Å²) in [5.74, 6) is -2.40. The van der Waals surface area contributed by atoms with Crippen LogP contribution < -0.4 is 26.4 Å². The number of aromatic nitrogens is 3. The summed E-state index contributed by atoms with van der Waals surface area (Å²) in [5, 5.41) is 15.7. The van der Waals surface area contributed by atoms with Crippen molar-refractivity contribution in [3.05, 3.63) is 83.9 Å². The van der Waals surface area contributed by atoms with E-state index in [2.05, 4.69) is 48.6 Å². The van der Waals surface area contributed by atoms with Crippen LogP contribution in [0.2, 0.25) is 0 Å². The molecular weight excluding hydrogens is 562 g/mol. The van der Waals surface area contributed by atoms with Crippen LogP contribution in [0, 0.1) is 0 Å². The number of nitrogens with zero attached hydrogens (tertiary/aromatic N) is 3. The number of sulfonamides is 1. The first kappa shape index (κ1) is 28.8. The Kier molecular flexibility index (Phi) is 8.83. The number of aromatic amines is 1. The zero-order valence-corrected chi connectivity index (χ0v) is 23.1. The standard InChI is InChI=1S/C27H29N9O5S/c37-25(19-9-10-23-24(15-19)31-33-30-23)29-21-7-4-8-22(16-21)42(40,41)35-34-32-27(39)26(38)28-20-11-13-36(14-12-20)17-18-5-2-1-3-6-18/h1-10,15-16,20,34-35H,11-14,17H2,(H,28,38)(H,29,37)(H,32,39)(H,30,31,33). The maximum atomic E-state index is 12.7. The largest absolute Gasteiger partial charge is 0.345 e. The molecule has 15 heteroatoms. The first-order chi connectivity index (χ1) is 20.3. The summed E-state index contributed by atoms with van der Waals surface area (Å²) in [4.78, 5) is 41.3. The Bertz CT molecular complexity index is 1690. The molecule has 3 aromatic carbocycles. The highest BCUT2D eigenvalue weighted by Crippen LogP contribution is 2.18. The number of hydrogen-bond donors (Lipinski definition) is 6. The van der Waals surface area contributed by atoms with Gasteiger partial charge in [-0.2, -0.15) is 20.9 Å². The quantitative estimate of drug-likeness (QED) is 0.121. The Morgan fingerprint density at radius 3 is 2.43 bits per heavy atom. The summed E-state index contributed by atoms with van der Waals surface area (Å²) >= 11 is 0. The molecule has 5 rings (SSSR count). The second kappa shape index (κ2) is 12.9. The van der Waals surface area contributed by atoms with Crippen molar-refractivity contribution in [2.45, 2.75) is 30.3 Å². The number of carbonyl (C=O) groups excluding carboxylic acids is 3. The predicted octanol–water partition coefficient (Wildman–Crippen LogP) is 0.805. The van der Waals surface area contributed by atoms with Gasteiger partial charge in [0, 0.05) is 36.9 Å². The molecule has 0 bridgehead atoms. The van der Waals surface area contributed by atoms with Crippen molar-refractivity contribution in [3.8, 4) is 0 Å². The minimum Gasteiger partial charge on any atom is -0.345 e. The number of rotatable bonds is 9. The second-order valence-corrected chi connectivity index (χ2v) is 11.4. The number of hydrazine groups is 2. The smallest absolute Gasteiger partial charge is 0.324 e. The van der Waals surface area contributed by atoms with E-state index in [1.807, 2.05) is 28.5 Å². The number of benzene rings is 3. The van der Waals surface area contributed by atoms with E-state index in [0.717, 1.165) is 19.6 Å². The molecule has 218 valence electrons. The summed E-state index contributed by atoms with van der Waals surface area (Å²) in [7, 11) is -4.17. The Labute approximate surface area is 241 Å². The van der Waals surface area contributed by atoms with Crippen molar-refractivity contribution in [3.63, 3.8) is 0 Å². The fraction of sp³-hybridized carbons (Fsp3) is 0.222. The summed E-state index contributed by atoms with van der Waals surface area (Å²) in [6.07, 6.45) is 1.38. The van der Waals surface area contributed by atoms with E-state index in [-0.39, 0.29) is 16.6 Å². The van der Waals surface area contributed by atoms with Crippen molar-refractivity contribution < 1.29 is 22.8 Å². The van der Waals surface area contributed by atoms with Gasteiger partial charge in [-0.05, 0) is 54.8 Å². The van der Waals surface area contributed by atoms with E-state index in [1.165, 1.54) is 29.8 Å². The average Bonchev–Trinajstić information content (AvgIpc) is 3.47. The van der Waals surface area contributed by atoms with Crippen LogP contribution in [0.4, 0.5) is 5.69 Å². The van der Waals surface area contributed by atoms with Gasteiger partial charge in [-0.3, -0.25) is 24.7 Å². The minimum absolute atomic E-state index is 0.164. The molecule has 1 aromatic heterocycles. The van der Waals surface area contributed by atoms with Crippen LogP contribution in [-0.2, 0) is 26.2 Å². The van der Waals surface area contributed by atoms with Crippen LogP contribution in [0.25, 0.3) is 11.0 Å². The van der Waals surface area contributed by atoms with E-state index in [0.29, 0.717) is 29.4 Å². The second-order valence-electron chi connectivity index (χ2n) is 9.70. The van der Waals surface area contributed by atoms with Crippen LogP contribution in [-0.4, -0.2) is 65.6 Å². The third kappa shape index (κ3) is 7.32. The van der Waals surface area contributed by atoms with Gasteiger partial charge in [0.25, 0.3) is 15.9 Å². The predicted molar refractivity (Wildman–Crippen MR) is 153 cm³/mol. The number of nitrogens with one attached hydrogen (secondary N) is 6. The van der Waals surface area contributed by atoms with Crippen molar-refractivity contribution >= 4 is 44.5 Å². The van der Waals surface area contributed by atoms with Crippen molar-refractivity contribution in [1.29, 1.82) is 0 Å². The average molecular weight is 592 g/mol. The van der Waals surface area contributed by atoms with E-state index >= 15 is 0 Å². The third-order valence-electron chi connectivity index (χ3n) is 6.72. The summed E-state index contributed by atoms with van der Waals surface area (Å²) in [6, 6.07) is 20.2. The first-order valence-electron chi connectivity index (χ1n) is 13.1. The number of anilines is 1. The fourth-order valence-corrected chi connectivity index (χ4v) is 5.36. The van der Waals surface area contributed by atoms with E-state index < -0.39 is 27.7 Å². The SMILES string of the molecule is O=C(NNNS(=O)(=O)c1cccc(NC(=O)c2ccc3n[nH]nc3c2)c1)C(=O)NC1CCN(Cc2ccccc2)CC1. The number of piperidine rings is 1. The van der Waals surface area contributed by atoms with E-state index in [4.69, 9.17) is 0 Å². The first-order valence-corrected chi connectivity index (χ1v) is 14.6. The highest BCUT2D eigenvalue weighted by atomic mass is 32.2. The molecular formula is C27H29N9O5S. The Balaban J connectivity index is 1.07. The Hall–Kier alpha value is -4.70. The summed E-state index contributed by atoms with van der Waals surface area (Å²) in [5.41, 5.74) is 6.96. The molecule has 14 nitrogen and oxygen atoms in total. The molecule has 2 heterocycles. The number of H-pyrrole nitrogens is 1. The molecule has 1 aliphatic rings. The van der Waals surface area contributed by atoms with Gasteiger partial charge >= 0.3 is 11.8 Å². The zero-order chi connectivity index (χ0) is 29.5. The van der Waals surface area contributed by atoms with Gasteiger partial charge in [-0.15, -0.1) is 4.83 Å². The number of carbonyl (C=O) groups is 3. The van der Waals surface area contributed by atoms with Crippen LogP contribution in [0.3, 0.4) is 0 Å². The molecule has 1 saturated heterocycles. The Morgan fingerprint density at radius 2 is 1.64 bits per heavy atom. The maximum Gasteiger partial charge on any atom is 0.324 e. The van der Waals surface area contributed by atoms with E-state index in [9.17, 15) is 22.8 Å². The minimum atomic E-state index is -4.17. The zero-order valence-electron chi connectivity index (χ0n) is 22.3. The molecule has 0 radical (unpaired) electrons. The molecule has 42 heavy (non-hydrogen) atoms. The molecule has 0 unspecified atom stereocenters. The highest BCUT2D eigenvalue weighted by molar-refractivity contribution is 7.89. The molecule has 0 saturated carbocycles. The lowest BCUT2D eigenvalue weighted by atomic mass is 10.0. The van der Waals surface area contributed by atoms with Gasteiger partial charge in [-0.25, -0.2) is 8.42 Å². The van der Waals surface area contributed by atoms with Crippen LogP contribution in [0.1, 0.15) is 28.8 Å². The van der Waals surface area contributed by atoms with Crippen LogP contribution in [0.5, 0.6) is 0 Å². The van der Waals surface area contributed by atoms with Crippen LogP contribution >= 0.6 is 0 Å². The summed E-state index contributed by atoms with van der Waals surface area (Å²) in [6.45, 7) is 2.37. The van der Waals surface area contributed by atoms with Gasteiger partial charge in [-0.1, -0.05) is 36.4 Å². The van der Waals surface area contributed by atoms with Gasteiger partial charge in [0.2, 0.25) is 0 Å². The normalized spacial score (nSPS) is 14.4. The Morgan fingerprint density at radius 1 is 0.881 bits per heavy atom. The third-order valence-corrected chi connectivity index (χ3v) is 7.97. The van der Waals surface area contributed by atoms with Crippen LogP contribution in [0.15, 0.2) is 77.7 Å². The molecule has 0 atom stereocenters. The number of amides is 3. The van der Waals surface area contributed by atoms with Crippen molar-refractivity contribution in [2.75, 3.05) is 18.4 Å². The summed E-state index contributed by atoms with van der Waals surface area (Å²) < 4.78 is 25.5. The lowest BCUT2D eigenvalue weighted by Gasteiger charge is -2.32. The molecule has 1 aliphatic heterocycles. The van der Waals surface area contributed by atoms with Gasteiger partial charge in [0.15, 0.2) is 0 Å². The van der Waals surface area contributed by atoms with Gasteiger partial charge in [0.05, 0.1) is 4.90 Å². The molecule has 3 amide bonds. The highest BCUT2D eigenvalue weighted by Gasteiger charge is 2.24. The maximum absolute atomic E-state index is 12.7. The monoisotopic (exact) mass is 591 g/mol. The number of fused-ring (bicyclic) bond motifs is 1. The number of hydrogen-bond acceptors (Lipinski definition) is 9. The fourth-order valence-electron chi connectivity index (χ4n) is 4.52. The molecule has 4 aromatic rings. The van der Waals surface area contributed by atoms with E-state index in [1.54, 1.807) is 18.2 Å². The molecule has 1 fully saturated rings. The van der Waals surface area contributed by atoms with Gasteiger partial charge < -0.3 is 10.6 Å². The van der Waals surface area contributed by atoms with Crippen molar-refractivity contribution in [1.82, 2.24) is 41.4 Å². The lowest BCUT2D eigenvalue weighted by Crippen LogP contribution is -2.55. The van der Waals surface area contributed by atoms with Gasteiger partial charge in [0.1, 0.15) is 11.0 Å². The lowest BCUT2D eigenvalue weighted by molar-refractivity contribution is -0.140. The molecule has 0 aliphatic carbocycles. The topological polar surface area (TPSA) is 190 Å². The molecule has 0 spiro atoms. The number of likely N-dealkylation sites (tertiary alicyclic amines) is 1. The van der Waals surface area contributed by atoms with Crippen molar-refractivity contribution in [2.24, 2.45) is 0 Å². The molecule has 6 N–H and O–H groups in total.